The first-order chi connectivity index (χ1) is 11.8. The lowest BCUT2D eigenvalue weighted by atomic mass is 9.64. The van der Waals surface area contributed by atoms with Crippen molar-refractivity contribution < 1.29 is 14.6 Å². The van der Waals surface area contributed by atoms with Crippen LogP contribution in [-0.4, -0.2) is 55.6 Å². The molecule has 132 valence electrons. The average Bonchev–Trinajstić information content (AvgIpc) is 3.17. The van der Waals surface area contributed by atoms with E-state index in [-0.39, 0.29) is 12.7 Å². The van der Waals surface area contributed by atoms with E-state index in [0.29, 0.717) is 18.1 Å². The largest absolute Gasteiger partial charge is 0.394 e. The highest BCUT2D eigenvalue weighted by atomic mass is 16.5. The minimum absolute atomic E-state index is 0.0994. The number of aliphatic hydroxyl groups is 1. The SMILES string of the molecule is OCCOC1CCC2(CCN(C3CCOC3)CC2)c2ccccc21. The summed E-state index contributed by atoms with van der Waals surface area (Å²) in [7, 11) is 0. The molecule has 0 aromatic heterocycles. The fourth-order valence-corrected chi connectivity index (χ4v) is 4.97. The van der Waals surface area contributed by atoms with Gasteiger partial charge in [-0.1, -0.05) is 24.3 Å². The normalized spacial score (nSPS) is 29.7. The number of aliphatic hydroxyl groups excluding tert-OH is 1. The average molecular weight is 331 g/mol. The summed E-state index contributed by atoms with van der Waals surface area (Å²) in [4.78, 5) is 2.65. The molecular weight excluding hydrogens is 302 g/mol. The fourth-order valence-electron chi connectivity index (χ4n) is 4.97. The van der Waals surface area contributed by atoms with E-state index in [9.17, 15) is 0 Å². The summed E-state index contributed by atoms with van der Waals surface area (Å²) in [5.41, 5.74) is 3.18. The lowest BCUT2D eigenvalue weighted by Crippen LogP contribution is -2.48. The Morgan fingerprint density at radius 3 is 2.75 bits per heavy atom. The number of nitrogens with zero attached hydrogens (tertiary/aromatic N) is 1. The first-order valence-corrected chi connectivity index (χ1v) is 9.46. The van der Waals surface area contributed by atoms with E-state index in [1.54, 1.807) is 0 Å². The number of ether oxygens (including phenoxy) is 2. The van der Waals surface area contributed by atoms with Crippen molar-refractivity contribution in [2.75, 3.05) is 39.5 Å². The Balaban J connectivity index is 1.51. The van der Waals surface area contributed by atoms with E-state index in [0.717, 1.165) is 19.6 Å². The number of piperidine rings is 1. The van der Waals surface area contributed by atoms with Gasteiger partial charge in [-0.15, -0.1) is 0 Å². The zero-order valence-corrected chi connectivity index (χ0v) is 14.5. The maximum atomic E-state index is 9.08. The molecule has 0 bridgehead atoms. The Hall–Kier alpha value is -0.940. The van der Waals surface area contributed by atoms with E-state index in [1.165, 1.54) is 49.9 Å². The van der Waals surface area contributed by atoms with E-state index >= 15 is 0 Å². The molecule has 3 aliphatic rings. The highest BCUT2D eigenvalue weighted by molar-refractivity contribution is 5.39. The molecule has 0 amide bonds. The summed E-state index contributed by atoms with van der Waals surface area (Å²) in [6.45, 7) is 4.75. The molecule has 24 heavy (non-hydrogen) atoms. The predicted molar refractivity (Wildman–Crippen MR) is 93.2 cm³/mol. The van der Waals surface area contributed by atoms with Gasteiger partial charge in [-0.2, -0.15) is 0 Å². The van der Waals surface area contributed by atoms with Gasteiger partial charge in [0, 0.05) is 12.6 Å². The second kappa shape index (κ2) is 7.12. The van der Waals surface area contributed by atoms with Crippen LogP contribution in [-0.2, 0) is 14.9 Å². The molecule has 1 N–H and O–H groups in total. The molecule has 2 fully saturated rings. The van der Waals surface area contributed by atoms with E-state index < -0.39 is 0 Å². The maximum absolute atomic E-state index is 9.08. The van der Waals surface area contributed by atoms with Crippen LogP contribution in [0.2, 0.25) is 0 Å². The molecule has 1 spiro atoms. The summed E-state index contributed by atoms with van der Waals surface area (Å²) in [6, 6.07) is 9.49. The van der Waals surface area contributed by atoms with Gasteiger partial charge in [0.15, 0.2) is 0 Å². The van der Waals surface area contributed by atoms with Gasteiger partial charge >= 0.3 is 0 Å². The second-order valence-electron chi connectivity index (χ2n) is 7.54. The molecule has 2 aliphatic heterocycles. The number of benzene rings is 1. The molecule has 4 heteroatoms. The van der Waals surface area contributed by atoms with E-state index in [1.807, 2.05) is 0 Å². The van der Waals surface area contributed by atoms with E-state index in [4.69, 9.17) is 14.6 Å². The molecule has 4 nitrogen and oxygen atoms in total. The van der Waals surface area contributed by atoms with Crippen LogP contribution in [0, 0.1) is 0 Å². The van der Waals surface area contributed by atoms with Crippen LogP contribution in [0.1, 0.15) is 49.3 Å². The zero-order chi connectivity index (χ0) is 16.4. The number of hydrogen-bond acceptors (Lipinski definition) is 4. The van der Waals surface area contributed by atoms with Crippen LogP contribution in [0.15, 0.2) is 24.3 Å². The molecule has 1 aromatic carbocycles. The van der Waals surface area contributed by atoms with Crippen molar-refractivity contribution >= 4 is 0 Å². The van der Waals surface area contributed by atoms with Crippen LogP contribution in [0.3, 0.4) is 0 Å². The molecule has 0 radical (unpaired) electrons. The molecule has 2 saturated heterocycles. The third-order valence-corrected chi connectivity index (χ3v) is 6.35. The van der Waals surface area contributed by atoms with Crippen LogP contribution in [0.25, 0.3) is 0 Å². The Labute approximate surface area is 144 Å². The first kappa shape index (κ1) is 16.5. The van der Waals surface area contributed by atoms with Gasteiger partial charge in [-0.25, -0.2) is 0 Å². The molecule has 0 saturated carbocycles. The van der Waals surface area contributed by atoms with Gasteiger partial charge < -0.3 is 14.6 Å². The summed E-state index contributed by atoms with van der Waals surface area (Å²) >= 11 is 0. The number of rotatable bonds is 4. The van der Waals surface area contributed by atoms with Crippen LogP contribution in [0.5, 0.6) is 0 Å². The van der Waals surface area contributed by atoms with Crippen molar-refractivity contribution in [1.82, 2.24) is 4.90 Å². The summed E-state index contributed by atoms with van der Waals surface area (Å²) < 4.78 is 11.5. The molecular formula is C20H29NO3. The summed E-state index contributed by atoms with van der Waals surface area (Å²) in [6.07, 6.45) is 6.11. The van der Waals surface area contributed by atoms with E-state index in [2.05, 4.69) is 29.2 Å². The summed E-state index contributed by atoms with van der Waals surface area (Å²) in [5, 5.41) is 9.08. The third-order valence-electron chi connectivity index (χ3n) is 6.35. The lowest BCUT2D eigenvalue weighted by Gasteiger charge is -2.48. The molecule has 2 unspecified atom stereocenters. The maximum Gasteiger partial charge on any atom is 0.0829 e. The van der Waals surface area contributed by atoms with Gasteiger partial charge in [0.1, 0.15) is 0 Å². The first-order valence-electron chi connectivity index (χ1n) is 9.46. The molecule has 2 atom stereocenters. The van der Waals surface area contributed by atoms with Gasteiger partial charge in [0.25, 0.3) is 0 Å². The van der Waals surface area contributed by atoms with Crippen LogP contribution in [0.4, 0.5) is 0 Å². The lowest BCUT2D eigenvalue weighted by molar-refractivity contribution is 0.00319. The Morgan fingerprint density at radius 1 is 1.17 bits per heavy atom. The van der Waals surface area contributed by atoms with Gasteiger partial charge in [-0.05, 0) is 61.7 Å². The standard InChI is InChI=1S/C20H29NO3/c22-12-14-24-19-5-7-20(18-4-2-1-3-17(18)19)8-10-21(11-9-20)16-6-13-23-15-16/h1-4,16,19,22H,5-15H2. The van der Waals surface area contributed by atoms with Crippen molar-refractivity contribution in [2.45, 2.75) is 49.7 Å². The number of likely N-dealkylation sites (tertiary alicyclic amines) is 1. The number of fused-ring (bicyclic) bond motifs is 2. The summed E-state index contributed by atoms with van der Waals surface area (Å²) in [5.74, 6) is 0. The van der Waals surface area contributed by atoms with Crippen molar-refractivity contribution in [1.29, 1.82) is 0 Å². The topological polar surface area (TPSA) is 41.9 Å². The van der Waals surface area contributed by atoms with Crippen molar-refractivity contribution in [3.8, 4) is 0 Å². The quantitative estimate of drug-likeness (QED) is 0.921. The Kier molecular flexibility index (Phi) is 4.90. The smallest absolute Gasteiger partial charge is 0.0829 e. The zero-order valence-electron chi connectivity index (χ0n) is 14.5. The van der Waals surface area contributed by atoms with Crippen LogP contribution >= 0.6 is 0 Å². The van der Waals surface area contributed by atoms with Crippen LogP contribution < -0.4 is 0 Å². The second-order valence-corrected chi connectivity index (χ2v) is 7.54. The fraction of sp³-hybridized carbons (Fsp3) is 0.700. The molecule has 2 heterocycles. The van der Waals surface area contributed by atoms with Crippen molar-refractivity contribution in [3.05, 3.63) is 35.4 Å². The van der Waals surface area contributed by atoms with Crippen molar-refractivity contribution in [2.24, 2.45) is 0 Å². The third kappa shape index (κ3) is 3.01. The molecule has 4 rings (SSSR count). The van der Waals surface area contributed by atoms with Gasteiger partial charge in [0.05, 0.1) is 25.9 Å². The number of hydrogen-bond donors (Lipinski definition) is 1. The Morgan fingerprint density at radius 2 is 2.00 bits per heavy atom. The minimum Gasteiger partial charge on any atom is -0.394 e. The predicted octanol–water partition coefficient (Wildman–Crippen LogP) is 2.65. The van der Waals surface area contributed by atoms with Crippen molar-refractivity contribution in [3.63, 3.8) is 0 Å². The Bertz CT molecular complexity index is 548. The van der Waals surface area contributed by atoms with Gasteiger partial charge in [0.2, 0.25) is 0 Å². The molecule has 1 aliphatic carbocycles. The highest BCUT2D eigenvalue weighted by Crippen LogP contribution is 2.49. The minimum atomic E-state index is 0.0994. The monoisotopic (exact) mass is 331 g/mol. The van der Waals surface area contributed by atoms with Gasteiger partial charge in [-0.3, -0.25) is 4.90 Å². The molecule has 1 aromatic rings. The highest BCUT2D eigenvalue weighted by Gasteiger charge is 2.43.